The van der Waals surface area contributed by atoms with E-state index in [4.69, 9.17) is 11.6 Å². The molecule has 5 nitrogen and oxygen atoms in total. The summed E-state index contributed by atoms with van der Waals surface area (Å²) >= 11 is 7.52. The zero-order chi connectivity index (χ0) is 18.6. The molecule has 4 rings (SSSR count). The molecule has 0 radical (unpaired) electrons. The summed E-state index contributed by atoms with van der Waals surface area (Å²) in [5, 5.41) is 14.6. The predicted molar refractivity (Wildman–Crippen MR) is 109 cm³/mol. The summed E-state index contributed by atoms with van der Waals surface area (Å²) in [6.07, 6.45) is 7.55. The van der Waals surface area contributed by atoms with Crippen LogP contribution in [0.2, 0.25) is 5.02 Å². The van der Waals surface area contributed by atoms with Crippen LogP contribution in [0, 0.1) is 5.92 Å². The molecular weight excluding hydrogens is 380 g/mol. The van der Waals surface area contributed by atoms with Gasteiger partial charge >= 0.3 is 0 Å². The lowest BCUT2D eigenvalue weighted by Gasteiger charge is -2.26. The summed E-state index contributed by atoms with van der Waals surface area (Å²) < 4.78 is 0. The summed E-state index contributed by atoms with van der Waals surface area (Å²) in [7, 11) is 0. The first-order valence-electron chi connectivity index (χ1n) is 9.79. The molecule has 1 saturated carbocycles. The van der Waals surface area contributed by atoms with Gasteiger partial charge in [-0.15, -0.1) is 10.2 Å². The lowest BCUT2D eigenvalue weighted by molar-refractivity contribution is -0.135. The number of hydrogen-bond acceptors (Lipinski definition) is 5. The van der Waals surface area contributed by atoms with Crippen molar-refractivity contribution < 1.29 is 4.79 Å². The molecule has 2 aliphatic rings. The number of carbonyl (C=O) groups excluding carboxylic acids is 1. The SMILES string of the molecule is O=C(C1CCCCC1)N1CCC(Nc2nnc(Cc3ccc(Cl)cc3)s2)C1. The molecule has 1 aromatic heterocycles. The number of hydrogen-bond donors (Lipinski definition) is 1. The van der Waals surface area contributed by atoms with Crippen molar-refractivity contribution in [1.82, 2.24) is 15.1 Å². The van der Waals surface area contributed by atoms with E-state index < -0.39 is 0 Å². The van der Waals surface area contributed by atoms with E-state index in [1.807, 2.05) is 29.2 Å². The van der Waals surface area contributed by atoms with Crippen molar-refractivity contribution >= 4 is 34.0 Å². The Kier molecular flexibility index (Phi) is 5.93. The number of aromatic nitrogens is 2. The van der Waals surface area contributed by atoms with Gasteiger partial charge in [0.2, 0.25) is 11.0 Å². The van der Waals surface area contributed by atoms with E-state index in [-0.39, 0.29) is 12.0 Å². The molecule has 2 aromatic rings. The molecule has 144 valence electrons. The van der Waals surface area contributed by atoms with Gasteiger partial charge in [0.1, 0.15) is 5.01 Å². The fraction of sp³-hybridized carbons (Fsp3) is 0.550. The molecule has 1 saturated heterocycles. The van der Waals surface area contributed by atoms with Crippen LogP contribution < -0.4 is 5.32 Å². The topological polar surface area (TPSA) is 58.1 Å². The highest BCUT2D eigenvalue weighted by Gasteiger charge is 2.31. The van der Waals surface area contributed by atoms with E-state index in [9.17, 15) is 4.79 Å². The number of benzene rings is 1. The summed E-state index contributed by atoms with van der Waals surface area (Å²) in [6, 6.07) is 8.10. The van der Waals surface area contributed by atoms with E-state index in [1.165, 1.54) is 24.8 Å². The molecule has 1 unspecified atom stereocenters. The molecule has 27 heavy (non-hydrogen) atoms. The van der Waals surface area contributed by atoms with Crippen molar-refractivity contribution in [1.29, 1.82) is 0 Å². The van der Waals surface area contributed by atoms with Gasteiger partial charge in [-0.05, 0) is 37.0 Å². The molecule has 2 fully saturated rings. The zero-order valence-corrected chi connectivity index (χ0v) is 16.9. The first kappa shape index (κ1) is 18.7. The van der Waals surface area contributed by atoms with Gasteiger partial charge in [0.15, 0.2) is 0 Å². The molecule has 1 amide bonds. The Morgan fingerprint density at radius 2 is 1.93 bits per heavy atom. The monoisotopic (exact) mass is 404 g/mol. The van der Waals surface area contributed by atoms with Gasteiger partial charge in [-0.3, -0.25) is 4.79 Å². The highest BCUT2D eigenvalue weighted by molar-refractivity contribution is 7.15. The Labute approximate surface area is 169 Å². The van der Waals surface area contributed by atoms with Crippen molar-refractivity contribution in [3.05, 3.63) is 39.9 Å². The van der Waals surface area contributed by atoms with Crippen LogP contribution in [0.5, 0.6) is 0 Å². The van der Waals surface area contributed by atoms with E-state index >= 15 is 0 Å². The lowest BCUT2D eigenvalue weighted by atomic mass is 9.88. The Hall–Kier alpha value is -1.66. The van der Waals surface area contributed by atoms with E-state index in [0.717, 1.165) is 53.9 Å². The summed E-state index contributed by atoms with van der Waals surface area (Å²) in [4.78, 5) is 14.7. The largest absolute Gasteiger partial charge is 0.355 e. The van der Waals surface area contributed by atoms with Crippen molar-refractivity contribution in [2.75, 3.05) is 18.4 Å². The van der Waals surface area contributed by atoms with Gasteiger partial charge < -0.3 is 10.2 Å². The quantitative estimate of drug-likeness (QED) is 0.803. The van der Waals surface area contributed by atoms with Crippen molar-refractivity contribution in [2.45, 2.75) is 51.0 Å². The van der Waals surface area contributed by atoms with Crippen LogP contribution >= 0.6 is 22.9 Å². The molecule has 7 heteroatoms. The first-order chi connectivity index (χ1) is 13.2. The summed E-state index contributed by atoms with van der Waals surface area (Å²) in [6.45, 7) is 1.63. The fourth-order valence-electron chi connectivity index (χ4n) is 4.02. The summed E-state index contributed by atoms with van der Waals surface area (Å²) in [5.41, 5.74) is 1.17. The fourth-order valence-corrected chi connectivity index (χ4v) is 5.00. The van der Waals surface area contributed by atoms with Crippen molar-refractivity contribution in [3.63, 3.8) is 0 Å². The maximum Gasteiger partial charge on any atom is 0.225 e. The van der Waals surface area contributed by atoms with Crippen LogP contribution in [0.1, 0.15) is 49.1 Å². The highest BCUT2D eigenvalue weighted by Crippen LogP contribution is 2.28. The Bertz CT molecular complexity index is 773. The second-order valence-electron chi connectivity index (χ2n) is 7.55. The molecule has 1 aromatic carbocycles. The minimum absolute atomic E-state index is 0.255. The number of carbonyl (C=O) groups is 1. The third-order valence-corrected chi connectivity index (χ3v) is 6.62. The van der Waals surface area contributed by atoms with Crippen LogP contribution in [0.3, 0.4) is 0 Å². The predicted octanol–water partition coefficient (Wildman–Crippen LogP) is 4.38. The van der Waals surface area contributed by atoms with E-state index in [0.29, 0.717) is 5.91 Å². The first-order valence-corrected chi connectivity index (χ1v) is 11.0. The van der Waals surface area contributed by atoms with Gasteiger partial charge in [-0.2, -0.15) is 0 Å². The number of likely N-dealkylation sites (tertiary alicyclic amines) is 1. The van der Waals surface area contributed by atoms with Gasteiger partial charge in [0, 0.05) is 36.5 Å². The van der Waals surface area contributed by atoms with Gasteiger partial charge in [0.05, 0.1) is 0 Å². The van der Waals surface area contributed by atoms with E-state index in [2.05, 4.69) is 15.5 Å². The minimum atomic E-state index is 0.255. The molecule has 1 N–H and O–H groups in total. The number of rotatable bonds is 5. The normalized spacial score (nSPS) is 20.8. The van der Waals surface area contributed by atoms with Crippen molar-refractivity contribution in [2.24, 2.45) is 5.92 Å². The molecule has 2 heterocycles. The Balaban J connectivity index is 1.29. The number of nitrogens with zero attached hydrogens (tertiary/aromatic N) is 3. The third kappa shape index (κ3) is 4.79. The van der Waals surface area contributed by atoms with Crippen LogP contribution in [0.25, 0.3) is 0 Å². The molecule has 1 atom stereocenters. The smallest absolute Gasteiger partial charge is 0.225 e. The van der Waals surface area contributed by atoms with Crippen LogP contribution in [0.4, 0.5) is 5.13 Å². The Morgan fingerprint density at radius 3 is 2.70 bits per heavy atom. The lowest BCUT2D eigenvalue weighted by Crippen LogP contribution is -2.36. The second-order valence-corrected chi connectivity index (χ2v) is 9.05. The number of amides is 1. The maximum absolute atomic E-state index is 12.7. The maximum atomic E-state index is 12.7. The standard InChI is InChI=1S/C20H25ClN4OS/c21-16-8-6-14(7-9-16)12-18-23-24-20(27-18)22-17-10-11-25(13-17)19(26)15-4-2-1-3-5-15/h6-9,15,17H,1-5,10-13H2,(H,22,24). The molecule has 0 bridgehead atoms. The third-order valence-electron chi connectivity index (χ3n) is 5.52. The van der Waals surface area contributed by atoms with Crippen LogP contribution in [-0.2, 0) is 11.2 Å². The van der Waals surface area contributed by atoms with Gasteiger partial charge in [-0.25, -0.2) is 0 Å². The average molecular weight is 405 g/mol. The number of nitrogens with one attached hydrogen (secondary N) is 1. The van der Waals surface area contributed by atoms with Gasteiger partial charge in [-0.1, -0.05) is 54.3 Å². The molecule has 1 aliphatic carbocycles. The highest BCUT2D eigenvalue weighted by atomic mass is 35.5. The second kappa shape index (κ2) is 8.57. The molecule has 0 spiro atoms. The van der Waals surface area contributed by atoms with Crippen LogP contribution in [0.15, 0.2) is 24.3 Å². The van der Waals surface area contributed by atoms with E-state index in [1.54, 1.807) is 11.3 Å². The molecular formula is C20H25ClN4OS. The number of halogens is 1. The summed E-state index contributed by atoms with van der Waals surface area (Å²) in [5.74, 6) is 0.615. The molecule has 1 aliphatic heterocycles. The minimum Gasteiger partial charge on any atom is -0.355 e. The van der Waals surface area contributed by atoms with Crippen molar-refractivity contribution in [3.8, 4) is 0 Å². The zero-order valence-electron chi connectivity index (χ0n) is 15.4. The van der Waals surface area contributed by atoms with Crippen LogP contribution in [-0.4, -0.2) is 40.1 Å². The van der Waals surface area contributed by atoms with Gasteiger partial charge in [0.25, 0.3) is 0 Å². The Morgan fingerprint density at radius 1 is 1.15 bits per heavy atom. The number of anilines is 1. The average Bonchev–Trinajstić information content (AvgIpc) is 3.34.